The molecule has 0 unspecified atom stereocenters. The number of Topliss-reactive ketones (excluding diaryl/α,β-unsaturated/α-hetero) is 1. The number of thioether (sulfide) groups is 1. The maximum absolute atomic E-state index is 12.5. The van der Waals surface area contributed by atoms with E-state index in [1.165, 1.54) is 46.9 Å². The van der Waals surface area contributed by atoms with E-state index in [2.05, 4.69) is 33.2 Å². The predicted molar refractivity (Wildman–Crippen MR) is 123 cm³/mol. The molecule has 0 saturated carbocycles. The monoisotopic (exact) mass is 472 g/mol. The molecular formula is C21H20N4O3S3. The summed E-state index contributed by atoms with van der Waals surface area (Å²) >= 11 is 4.32. The zero-order valence-corrected chi connectivity index (χ0v) is 19.7. The lowest BCUT2D eigenvalue weighted by atomic mass is 9.90. The summed E-state index contributed by atoms with van der Waals surface area (Å²) in [6.45, 7) is 5.57. The van der Waals surface area contributed by atoms with Gasteiger partial charge in [0.2, 0.25) is 0 Å². The summed E-state index contributed by atoms with van der Waals surface area (Å²) in [5.74, 6) is 2.09. The van der Waals surface area contributed by atoms with Crippen LogP contribution in [0.5, 0.6) is 0 Å². The smallest absolute Gasteiger partial charge is 0.277 e. The maximum atomic E-state index is 12.5. The van der Waals surface area contributed by atoms with Crippen molar-refractivity contribution in [1.29, 1.82) is 0 Å². The summed E-state index contributed by atoms with van der Waals surface area (Å²) in [4.78, 5) is 35.2. The number of hydrogen-bond donors (Lipinski definition) is 1. The van der Waals surface area contributed by atoms with Crippen molar-refractivity contribution in [3.05, 3.63) is 43.1 Å². The SMILES string of the molecule is CC(=O)c1sc2nc(CSc3nnc(-c4cc5c(s4)CC[C@H](C)C5)o3)[nH]c(=O)c2c1C. The molecule has 0 fully saturated rings. The fourth-order valence-corrected chi connectivity index (χ4v) is 6.76. The number of nitrogens with zero attached hydrogens (tertiary/aromatic N) is 3. The van der Waals surface area contributed by atoms with Gasteiger partial charge in [-0.2, -0.15) is 0 Å². The highest BCUT2D eigenvalue weighted by Crippen LogP contribution is 2.37. The van der Waals surface area contributed by atoms with Crippen LogP contribution in [-0.2, 0) is 18.6 Å². The van der Waals surface area contributed by atoms with Crippen molar-refractivity contribution in [2.75, 3.05) is 0 Å². The normalized spacial score (nSPS) is 16.0. The molecule has 10 heteroatoms. The van der Waals surface area contributed by atoms with Gasteiger partial charge in [0.05, 0.1) is 20.9 Å². The number of aryl methyl sites for hydroxylation is 2. The Kier molecular flexibility index (Phi) is 5.31. The third-order valence-corrected chi connectivity index (χ3v) is 8.79. The standard InChI is InChI=1S/C21H20N4O3S3/c1-9-4-5-13-12(6-9)7-14(30-13)19-24-25-21(28-19)29-8-15-22-18(27)16-10(2)17(11(3)26)31-20(16)23-15/h7,9H,4-6,8H2,1-3H3,(H,22,23,27)/t9-/m0/s1. The first kappa shape index (κ1) is 20.6. The van der Waals surface area contributed by atoms with Gasteiger partial charge < -0.3 is 9.40 Å². The molecule has 0 radical (unpaired) electrons. The number of carbonyl (C=O) groups excluding carboxylic acids is 1. The van der Waals surface area contributed by atoms with E-state index < -0.39 is 0 Å². The van der Waals surface area contributed by atoms with Crippen LogP contribution in [0.3, 0.4) is 0 Å². The highest BCUT2D eigenvalue weighted by Gasteiger charge is 2.21. The minimum atomic E-state index is -0.230. The fraction of sp³-hybridized carbons (Fsp3) is 0.381. The molecule has 5 rings (SSSR count). The zero-order chi connectivity index (χ0) is 21.7. The van der Waals surface area contributed by atoms with Crippen molar-refractivity contribution < 1.29 is 9.21 Å². The number of hydrogen-bond acceptors (Lipinski definition) is 9. The Morgan fingerprint density at radius 2 is 2.19 bits per heavy atom. The van der Waals surface area contributed by atoms with Crippen molar-refractivity contribution in [3.63, 3.8) is 0 Å². The lowest BCUT2D eigenvalue weighted by Crippen LogP contribution is -2.11. The van der Waals surface area contributed by atoms with Crippen molar-refractivity contribution in [3.8, 4) is 10.8 Å². The van der Waals surface area contributed by atoms with Gasteiger partial charge in [-0.05, 0) is 56.2 Å². The van der Waals surface area contributed by atoms with Crippen LogP contribution >= 0.6 is 34.4 Å². The number of aromatic nitrogens is 4. The van der Waals surface area contributed by atoms with Crippen LogP contribution in [-0.4, -0.2) is 25.9 Å². The number of ketones is 1. The van der Waals surface area contributed by atoms with E-state index in [4.69, 9.17) is 4.42 Å². The quantitative estimate of drug-likeness (QED) is 0.321. The lowest BCUT2D eigenvalue weighted by Gasteiger charge is -2.16. The van der Waals surface area contributed by atoms with Crippen LogP contribution in [0.15, 0.2) is 20.5 Å². The van der Waals surface area contributed by atoms with E-state index >= 15 is 0 Å². The Balaban J connectivity index is 1.34. The number of thiophene rings is 2. The van der Waals surface area contributed by atoms with Gasteiger partial charge in [-0.1, -0.05) is 18.7 Å². The number of rotatable bonds is 5. The van der Waals surface area contributed by atoms with Gasteiger partial charge in [-0.3, -0.25) is 9.59 Å². The molecular weight excluding hydrogens is 452 g/mol. The topological polar surface area (TPSA) is 102 Å². The van der Waals surface area contributed by atoms with Crippen LogP contribution in [0, 0.1) is 12.8 Å². The summed E-state index contributed by atoms with van der Waals surface area (Å²) in [6.07, 6.45) is 3.45. The first-order valence-electron chi connectivity index (χ1n) is 10.0. The van der Waals surface area contributed by atoms with Crippen LogP contribution in [0.25, 0.3) is 21.0 Å². The van der Waals surface area contributed by atoms with Gasteiger partial charge in [0.15, 0.2) is 5.78 Å². The molecule has 0 aromatic carbocycles. The average Bonchev–Trinajstić information content (AvgIpc) is 3.43. The van der Waals surface area contributed by atoms with E-state index in [9.17, 15) is 9.59 Å². The molecule has 31 heavy (non-hydrogen) atoms. The van der Waals surface area contributed by atoms with E-state index in [1.807, 2.05) is 0 Å². The Labute approximate surface area is 190 Å². The number of aromatic amines is 1. The summed E-state index contributed by atoms with van der Waals surface area (Å²) in [5, 5.41) is 9.27. The largest absolute Gasteiger partial charge is 0.410 e. The Morgan fingerprint density at radius 3 is 3.00 bits per heavy atom. The molecule has 0 bridgehead atoms. The van der Waals surface area contributed by atoms with Crippen molar-refractivity contribution in [2.24, 2.45) is 5.92 Å². The second-order valence-electron chi connectivity index (χ2n) is 7.87. The number of carbonyl (C=O) groups is 1. The van der Waals surface area contributed by atoms with Gasteiger partial charge >= 0.3 is 0 Å². The fourth-order valence-electron chi connectivity index (χ4n) is 3.90. The highest BCUT2D eigenvalue weighted by atomic mass is 32.2. The van der Waals surface area contributed by atoms with Crippen molar-refractivity contribution in [2.45, 2.75) is 51.0 Å². The summed E-state index contributed by atoms with van der Waals surface area (Å²) in [6, 6.07) is 2.18. The highest BCUT2D eigenvalue weighted by molar-refractivity contribution is 7.98. The van der Waals surface area contributed by atoms with Gasteiger partial charge in [0, 0.05) is 4.88 Å². The summed E-state index contributed by atoms with van der Waals surface area (Å²) in [7, 11) is 0. The van der Waals surface area contributed by atoms with Crippen molar-refractivity contribution >= 4 is 50.4 Å². The molecule has 7 nitrogen and oxygen atoms in total. The van der Waals surface area contributed by atoms with Crippen molar-refractivity contribution in [1.82, 2.24) is 20.2 Å². The molecule has 1 aliphatic rings. The van der Waals surface area contributed by atoms with Crippen LogP contribution < -0.4 is 5.56 Å². The lowest BCUT2D eigenvalue weighted by molar-refractivity contribution is 0.102. The van der Waals surface area contributed by atoms with Gasteiger partial charge in [-0.15, -0.1) is 32.9 Å². The molecule has 0 amide bonds. The second kappa shape index (κ2) is 7.99. The zero-order valence-electron chi connectivity index (χ0n) is 17.3. The van der Waals surface area contributed by atoms with Gasteiger partial charge in [0.25, 0.3) is 16.7 Å². The molecule has 0 spiro atoms. The molecule has 1 aliphatic carbocycles. The van der Waals surface area contributed by atoms with E-state index in [1.54, 1.807) is 18.3 Å². The molecule has 0 saturated heterocycles. The van der Waals surface area contributed by atoms with E-state index in [0.29, 0.717) is 43.3 Å². The van der Waals surface area contributed by atoms with E-state index in [0.717, 1.165) is 23.6 Å². The molecule has 1 N–H and O–H groups in total. The number of fused-ring (bicyclic) bond motifs is 2. The van der Waals surface area contributed by atoms with E-state index in [-0.39, 0.29) is 11.3 Å². The molecule has 4 aromatic rings. The van der Waals surface area contributed by atoms with Gasteiger partial charge in [-0.25, -0.2) is 4.98 Å². The van der Waals surface area contributed by atoms with Crippen LogP contribution in [0.1, 0.15) is 51.8 Å². The minimum absolute atomic E-state index is 0.0565. The summed E-state index contributed by atoms with van der Waals surface area (Å²) < 4.78 is 5.86. The third kappa shape index (κ3) is 3.88. The third-order valence-electron chi connectivity index (χ3n) is 5.45. The number of H-pyrrole nitrogens is 1. The van der Waals surface area contributed by atoms with Crippen LogP contribution in [0.4, 0.5) is 0 Å². The first-order valence-corrected chi connectivity index (χ1v) is 12.6. The van der Waals surface area contributed by atoms with Gasteiger partial charge in [0.1, 0.15) is 10.7 Å². The Morgan fingerprint density at radius 1 is 1.35 bits per heavy atom. The second-order valence-corrected chi connectivity index (χ2v) is 10.9. The maximum Gasteiger partial charge on any atom is 0.277 e. The molecule has 0 aliphatic heterocycles. The van der Waals surface area contributed by atoms with Crippen LogP contribution in [0.2, 0.25) is 0 Å². The molecule has 4 aromatic heterocycles. The summed E-state index contributed by atoms with van der Waals surface area (Å²) in [5.41, 5.74) is 1.86. The molecule has 1 atom stereocenters. The Bertz CT molecular complexity index is 1360. The average molecular weight is 473 g/mol. The first-order chi connectivity index (χ1) is 14.9. The Hall–Kier alpha value is -2.30. The minimum Gasteiger partial charge on any atom is -0.410 e. The number of nitrogens with one attached hydrogen (secondary N) is 1. The predicted octanol–water partition coefficient (Wildman–Crippen LogP) is 5.02. The molecule has 4 heterocycles. The molecule has 160 valence electrons.